The van der Waals surface area contributed by atoms with Gasteiger partial charge in [0.2, 0.25) is 11.0 Å². The van der Waals surface area contributed by atoms with Crippen molar-refractivity contribution < 1.29 is 4.79 Å². The lowest BCUT2D eigenvalue weighted by molar-refractivity contribution is -0.125. The van der Waals surface area contributed by atoms with Crippen LogP contribution in [-0.4, -0.2) is 58.9 Å². The van der Waals surface area contributed by atoms with E-state index in [2.05, 4.69) is 38.5 Å². The van der Waals surface area contributed by atoms with Crippen molar-refractivity contribution in [3.8, 4) is 0 Å². The van der Waals surface area contributed by atoms with Gasteiger partial charge in [-0.2, -0.15) is 4.37 Å². The third-order valence-corrected chi connectivity index (χ3v) is 7.48. The first kappa shape index (κ1) is 22.2. The summed E-state index contributed by atoms with van der Waals surface area (Å²) in [5.41, 5.74) is 1.23. The van der Waals surface area contributed by atoms with E-state index in [1.807, 2.05) is 18.2 Å². The van der Waals surface area contributed by atoms with Gasteiger partial charge in [0.15, 0.2) is 0 Å². The number of hydrogen-bond donors (Lipinski definition) is 1. The van der Waals surface area contributed by atoms with E-state index < -0.39 is 0 Å². The molecular formula is C24H35N5OS. The average Bonchev–Trinajstić information content (AvgIpc) is 3.27. The zero-order chi connectivity index (χ0) is 21.5. The average molecular weight is 442 g/mol. The molecule has 6 nitrogen and oxygen atoms in total. The van der Waals surface area contributed by atoms with Gasteiger partial charge in [-0.25, -0.2) is 4.98 Å². The summed E-state index contributed by atoms with van der Waals surface area (Å²) >= 11 is 1.48. The van der Waals surface area contributed by atoms with E-state index in [9.17, 15) is 4.79 Å². The van der Waals surface area contributed by atoms with E-state index in [1.165, 1.54) is 42.9 Å². The number of amides is 1. The van der Waals surface area contributed by atoms with Crippen LogP contribution in [-0.2, 0) is 11.2 Å². The number of carbonyl (C=O) groups excluding carboxylic acids is 1. The van der Waals surface area contributed by atoms with Crippen LogP contribution >= 0.6 is 11.5 Å². The molecule has 2 saturated heterocycles. The molecule has 1 aromatic heterocycles. The van der Waals surface area contributed by atoms with E-state index in [-0.39, 0.29) is 11.8 Å². The molecule has 2 aliphatic rings. The molecule has 0 aliphatic carbocycles. The first-order valence-electron chi connectivity index (χ1n) is 11.8. The van der Waals surface area contributed by atoms with Gasteiger partial charge in [-0.1, -0.05) is 36.8 Å². The van der Waals surface area contributed by atoms with Crippen molar-refractivity contribution in [2.24, 2.45) is 5.92 Å². The number of rotatable bonds is 8. The highest BCUT2D eigenvalue weighted by atomic mass is 32.1. The Kier molecular flexibility index (Phi) is 7.92. The molecule has 31 heavy (non-hydrogen) atoms. The maximum atomic E-state index is 12.6. The zero-order valence-electron chi connectivity index (χ0n) is 18.6. The van der Waals surface area contributed by atoms with Crippen molar-refractivity contribution in [2.75, 3.05) is 37.6 Å². The highest BCUT2D eigenvalue weighted by molar-refractivity contribution is 7.09. The predicted octanol–water partition coefficient (Wildman–Crippen LogP) is 3.73. The fraction of sp³-hybridized carbons (Fsp3) is 0.625. The molecule has 1 atom stereocenters. The number of aromatic nitrogens is 2. The van der Waals surface area contributed by atoms with Crippen LogP contribution in [0.5, 0.6) is 0 Å². The summed E-state index contributed by atoms with van der Waals surface area (Å²) in [7, 11) is 0. The minimum Gasteiger partial charge on any atom is -0.356 e. The summed E-state index contributed by atoms with van der Waals surface area (Å²) in [6, 6.07) is 11.0. The SMILES string of the molecule is CC1CCCCN1CCCNC(=O)C1CCN(c2nc(Cc3ccccc3)ns2)CC1. The van der Waals surface area contributed by atoms with Crippen LogP contribution in [0.15, 0.2) is 30.3 Å². The van der Waals surface area contributed by atoms with E-state index in [0.29, 0.717) is 6.04 Å². The number of carbonyl (C=O) groups is 1. The first-order chi connectivity index (χ1) is 15.2. The monoisotopic (exact) mass is 441 g/mol. The first-order valence-corrected chi connectivity index (χ1v) is 12.6. The Hall–Kier alpha value is -1.99. The number of anilines is 1. The van der Waals surface area contributed by atoms with Gasteiger partial charge >= 0.3 is 0 Å². The van der Waals surface area contributed by atoms with Gasteiger partial charge in [-0.15, -0.1) is 0 Å². The third-order valence-electron chi connectivity index (χ3n) is 6.66. The van der Waals surface area contributed by atoms with Gasteiger partial charge in [0.1, 0.15) is 5.82 Å². The molecule has 2 fully saturated rings. The second-order valence-electron chi connectivity index (χ2n) is 8.94. The smallest absolute Gasteiger partial charge is 0.223 e. The Morgan fingerprint density at radius 1 is 1.13 bits per heavy atom. The standard InChI is InChI=1S/C24H35N5OS/c1-19-8-5-6-14-28(19)15-7-13-25-23(30)21-11-16-29(17-12-21)24-26-22(27-31-24)18-20-9-3-2-4-10-20/h2-4,9-10,19,21H,5-8,11-18H2,1H3,(H,25,30). The lowest BCUT2D eigenvalue weighted by Crippen LogP contribution is -2.42. The molecule has 3 heterocycles. The minimum absolute atomic E-state index is 0.127. The fourth-order valence-corrected chi connectivity index (χ4v) is 5.42. The zero-order valence-corrected chi connectivity index (χ0v) is 19.4. The van der Waals surface area contributed by atoms with Crippen LogP contribution in [0.1, 0.15) is 56.8 Å². The molecule has 4 rings (SSSR count). The lowest BCUT2D eigenvalue weighted by atomic mass is 9.96. The van der Waals surface area contributed by atoms with Crippen molar-refractivity contribution >= 4 is 22.6 Å². The minimum atomic E-state index is 0.127. The highest BCUT2D eigenvalue weighted by Crippen LogP contribution is 2.25. The lowest BCUT2D eigenvalue weighted by Gasteiger charge is -2.33. The van der Waals surface area contributed by atoms with Gasteiger partial charge < -0.3 is 15.1 Å². The molecule has 0 bridgehead atoms. The molecule has 1 amide bonds. The van der Waals surface area contributed by atoms with Crippen molar-refractivity contribution in [3.05, 3.63) is 41.7 Å². The summed E-state index contributed by atoms with van der Waals surface area (Å²) in [5, 5.41) is 4.17. The summed E-state index contributed by atoms with van der Waals surface area (Å²) < 4.78 is 4.54. The van der Waals surface area contributed by atoms with E-state index >= 15 is 0 Å². The van der Waals surface area contributed by atoms with Crippen LogP contribution < -0.4 is 10.2 Å². The molecule has 0 spiro atoms. The van der Waals surface area contributed by atoms with Crippen LogP contribution in [0.4, 0.5) is 5.13 Å². The Morgan fingerprint density at radius 3 is 2.71 bits per heavy atom. The third kappa shape index (κ3) is 6.26. The predicted molar refractivity (Wildman–Crippen MR) is 127 cm³/mol. The van der Waals surface area contributed by atoms with Crippen molar-refractivity contribution in [3.63, 3.8) is 0 Å². The van der Waals surface area contributed by atoms with E-state index in [4.69, 9.17) is 4.98 Å². The molecule has 1 aromatic carbocycles. The largest absolute Gasteiger partial charge is 0.356 e. The second-order valence-corrected chi connectivity index (χ2v) is 9.67. The Morgan fingerprint density at radius 2 is 1.94 bits per heavy atom. The van der Waals surface area contributed by atoms with E-state index in [1.54, 1.807) is 0 Å². The molecule has 1 N–H and O–H groups in total. The maximum absolute atomic E-state index is 12.6. The van der Waals surface area contributed by atoms with Gasteiger partial charge in [-0.05, 0) is 51.1 Å². The Bertz CT molecular complexity index is 818. The molecule has 0 saturated carbocycles. The Labute approximate surface area is 190 Å². The topological polar surface area (TPSA) is 61.4 Å². The molecule has 0 radical (unpaired) electrons. The number of benzene rings is 1. The van der Waals surface area contributed by atoms with Gasteiger partial charge in [0.05, 0.1) is 0 Å². The molecule has 2 aliphatic heterocycles. The number of likely N-dealkylation sites (tertiary alicyclic amines) is 1. The number of hydrogen-bond acceptors (Lipinski definition) is 6. The van der Waals surface area contributed by atoms with Crippen molar-refractivity contribution in [2.45, 2.75) is 57.9 Å². The fourth-order valence-electron chi connectivity index (χ4n) is 4.68. The van der Waals surface area contributed by atoms with Gasteiger partial charge in [-0.3, -0.25) is 4.79 Å². The van der Waals surface area contributed by atoms with E-state index in [0.717, 1.165) is 62.8 Å². The molecular weight excluding hydrogens is 406 g/mol. The molecule has 168 valence electrons. The van der Waals surface area contributed by atoms with Gasteiger partial charge in [0, 0.05) is 56.1 Å². The van der Waals surface area contributed by atoms with Crippen LogP contribution in [0, 0.1) is 5.92 Å². The van der Waals surface area contributed by atoms with Crippen molar-refractivity contribution in [1.29, 1.82) is 0 Å². The normalized spacial score (nSPS) is 20.7. The second kappa shape index (κ2) is 11.0. The number of nitrogens with one attached hydrogen (secondary N) is 1. The summed E-state index contributed by atoms with van der Waals surface area (Å²) in [6.07, 6.45) is 7.59. The Balaban J connectivity index is 1.16. The molecule has 1 unspecified atom stereocenters. The van der Waals surface area contributed by atoms with Crippen molar-refractivity contribution in [1.82, 2.24) is 19.6 Å². The van der Waals surface area contributed by atoms with Crippen LogP contribution in [0.2, 0.25) is 0 Å². The quantitative estimate of drug-likeness (QED) is 0.633. The molecule has 2 aromatic rings. The number of nitrogens with zero attached hydrogens (tertiary/aromatic N) is 4. The maximum Gasteiger partial charge on any atom is 0.223 e. The number of piperidine rings is 2. The van der Waals surface area contributed by atoms with Crippen LogP contribution in [0.25, 0.3) is 0 Å². The summed E-state index contributed by atoms with van der Waals surface area (Å²) in [4.78, 5) is 22.2. The van der Waals surface area contributed by atoms with Crippen LogP contribution in [0.3, 0.4) is 0 Å². The van der Waals surface area contributed by atoms with Gasteiger partial charge in [0.25, 0.3) is 0 Å². The highest BCUT2D eigenvalue weighted by Gasteiger charge is 2.26. The molecule has 7 heteroatoms. The summed E-state index contributed by atoms with van der Waals surface area (Å²) in [6.45, 7) is 7.19. The summed E-state index contributed by atoms with van der Waals surface area (Å²) in [5.74, 6) is 1.24.